The Bertz CT molecular complexity index is 566. The number of hydrogen-bond acceptors (Lipinski definition) is 5. The molecule has 0 radical (unpaired) electrons. The van der Waals surface area contributed by atoms with Crippen molar-refractivity contribution < 1.29 is 24.2 Å². The molecule has 2 rings (SSSR count). The average Bonchev–Trinajstić information content (AvgIpc) is 2.79. The first-order chi connectivity index (χ1) is 10.5. The van der Waals surface area contributed by atoms with Gasteiger partial charge in [0.1, 0.15) is 17.1 Å². The van der Waals surface area contributed by atoms with Crippen LogP contribution in [0.3, 0.4) is 0 Å². The van der Waals surface area contributed by atoms with E-state index < -0.39 is 11.8 Å². The number of aliphatic hydroxyl groups is 1. The van der Waals surface area contributed by atoms with E-state index in [1.54, 1.807) is 12.1 Å². The van der Waals surface area contributed by atoms with E-state index >= 15 is 0 Å². The van der Waals surface area contributed by atoms with Crippen molar-refractivity contribution in [2.24, 2.45) is 5.92 Å². The lowest BCUT2D eigenvalue weighted by molar-refractivity contribution is -0.135. The van der Waals surface area contributed by atoms with Crippen molar-refractivity contribution in [2.75, 3.05) is 13.2 Å². The van der Waals surface area contributed by atoms with Crippen LogP contribution in [-0.2, 0) is 20.7 Å². The smallest absolute Gasteiger partial charge is 0.345 e. The van der Waals surface area contributed by atoms with E-state index in [-0.39, 0.29) is 24.4 Å². The van der Waals surface area contributed by atoms with Crippen molar-refractivity contribution >= 4 is 11.8 Å². The van der Waals surface area contributed by atoms with Gasteiger partial charge in [0.15, 0.2) is 6.61 Å². The van der Waals surface area contributed by atoms with Crippen LogP contribution in [0.1, 0.15) is 25.8 Å². The molecular weight excluding hydrogens is 284 g/mol. The average molecular weight is 304 g/mol. The van der Waals surface area contributed by atoms with Crippen LogP contribution in [0.5, 0.6) is 5.75 Å². The molecular formula is C17H20O5. The minimum Gasteiger partial charge on any atom is -0.511 e. The van der Waals surface area contributed by atoms with Gasteiger partial charge in [-0.3, -0.25) is 4.79 Å². The Balaban J connectivity index is 1.98. The van der Waals surface area contributed by atoms with Crippen molar-refractivity contribution in [3.8, 4) is 5.75 Å². The Kier molecular flexibility index (Phi) is 5.20. The van der Waals surface area contributed by atoms with Crippen molar-refractivity contribution in [2.45, 2.75) is 26.7 Å². The number of ether oxygens (including phenoxy) is 2. The van der Waals surface area contributed by atoms with Crippen molar-refractivity contribution in [3.63, 3.8) is 0 Å². The number of aliphatic hydroxyl groups excluding tert-OH is 1. The predicted molar refractivity (Wildman–Crippen MR) is 80.7 cm³/mol. The zero-order chi connectivity index (χ0) is 16.1. The summed E-state index contributed by atoms with van der Waals surface area (Å²) >= 11 is 0. The summed E-state index contributed by atoms with van der Waals surface area (Å²) in [6, 6.07) is 7.21. The Morgan fingerprint density at radius 2 is 1.95 bits per heavy atom. The molecule has 1 heterocycles. The lowest BCUT2D eigenvalue weighted by atomic mass is 10.1. The molecule has 0 bridgehead atoms. The first-order valence-electron chi connectivity index (χ1n) is 7.31. The molecule has 0 unspecified atom stereocenters. The van der Waals surface area contributed by atoms with Crippen LogP contribution in [0, 0.1) is 5.92 Å². The normalized spacial score (nSPS) is 16.9. The molecule has 0 amide bonds. The molecule has 1 aliphatic rings. The fourth-order valence-electron chi connectivity index (χ4n) is 2.07. The molecule has 0 saturated carbocycles. The van der Waals surface area contributed by atoms with E-state index in [9.17, 15) is 14.7 Å². The molecule has 118 valence electrons. The van der Waals surface area contributed by atoms with Crippen LogP contribution in [0.2, 0.25) is 0 Å². The summed E-state index contributed by atoms with van der Waals surface area (Å²) < 4.78 is 10.2. The van der Waals surface area contributed by atoms with E-state index in [1.807, 2.05) is 12.1 Å². The number of allylic oxidation sites excluding steroid dienone is 1. The zero-order valence-electron chi connectivity index (χ0n) is 12.8. The van der Waals surface area contributed by atoms with Crippen LogP contribution in [0.25, 0.3) is 0 Å². The third-order valence-electron chi connectivity index (χ3n) is 3.36. The fraction of sp³-hybridized carbons (Fsp3) is 0.412. The van der Waals surface area contributed by atoms with Gasteiger partial charge in [0, 0.05) is 6.42 Å². The standard InChI is InChI=1S/C17H20O5/c1-11(2)7-8-21-13-5-3-12(4-6-13)9-14(18)16-15(19)10-22-17(16)20/h3-6,11,18H,7-10H2,1-2H3/b16-14+. The van der Waals surface area contributed by atoms with Gasteiger partial charge in [0.2, 0.25) is 5.78 Å². The van der Waals surface area contributed by atoms with Gasteiger partial charge in [-0.05, 0) is 30.0 Å². The Hall–Kier alpha value is -2.30. The van der Waals surface area contributed by atoms with Crippen LogP contribution < -0.4 is 4.74 Å². The first kappa shape index (κ1) is 16.1. The summed E-state index contributed by atoms with van der Waals surface area (Å²) in [6.07, 6.45) is 1.10. The number of esters is 1. The van der Waals surface area contributed by atoms with E-state index in [2.05, 4.69) is 18.6 Å². The van der Waals surface area contributed by atoms with Crippen LogP contribution >= 0.6 is 0 Å². The summed E-state index contributed by atoms with van der Waals surface area (Å²) in [5.74, 6) is -0.132. The van der Waals surface area contributed by atoms with Crippen LogP contribution in [0.4, 0.5) is 0 Å². The number of ketones is 1. The van der Waals surface area contributed by atoms with Crippen LogP contribution in [-0.4, -0.2) is 30.1 Å². The lowest BCUT2D eigenvalue weighted by Crippen LogP contribution is -2.07. The lowest BCUT2D eigenvalue weighted by Gasteiger charge is -2.09. The Labute approximate surface area is 129 Å². The van der Waals surface area contributed by atoms with Crippen molar-refractivity contribution in [1.82, 2.24) is 0 Å². The van der Waals surface area contributed by atoms with Crippen molar-refractivity contribution in [1.29, 1.82) is 0 Å². The van der Waals surface area contributed by atoms with E-state index in [1.165, 1.54) is 0 Å². The minimum atomic E-state index is -0.754. The van der Waals surface area contributed by atoms with Gasteiger partial charge in [-0.2, -0.15) is 0 Å². The second kappa shape index (κ2) is 7.11. The number of Topliss-reactive ketones (excluding diaryl/α,β-unsaturated/α-hetero) is 1. The van der Waals surface area contributed by atoms with Crippen molar-refractivity contribution in [3.05, 3.63) is 41.2 Å². The number of hydrogen-bond donors (Lipinski definition) is 1. The third-order valence-corrected chi connectivity index (χ3v) is 3.36. The molecule has 1 N–H and O–H groups in total. The predicted octanol–water partition coefficient (Wildman–Crippen LogP) is 2.59. The third kappa shape index (κ3) is 4.10. The molecule has 1 fully saturated rings. The molecule has 0 aromatic heterocycles. The molecule has 1 aromatic rings. The maximum absolute atomic E-state index is 11.5. The number of carbonyl (C=O) groups is 2. The van der Waals surface area contributed by atoms with Gasteiger partial charge < -0.3 is 14.6 Å². The highest BCUT2D eigenvalue weighted by Crippen LogP contribution is 2.19. The number of cyclic esters (lactones) is 1. The minimum absolute atomic E-state index is 0.114. The molecule has 5 heteroatoms. The van der Waals surface area contributed by atoms with Gasteiger partial charge in [0.25, 0.3) is 0 Å². The first-order valence-corrected chi connectivity index (χ1v) is 7.31. The van der Waals surface area contributed by atoms with Gasteiger partial charge in [-0.1, -0.05) is 26.0 Å². The molecule has 0 aliphatic carbocycles. The summed E-state index contributed by atoms with van der Waals surface area (Å²) in [6.45, 7) is 4.64. The molecule has 1 saturated heterocycles. The monoisotopic (exact) mass is 304 g/mol. The molecule has 0 spiro atoms. The highest BCUT2D eigenvalue weighted by atomic mass is 16.5. The SMILES string of the molecule is CC(C)CCOc1ccc(C/C(O)=C2/C(=O)COC2=O)cc1. The van der Waals surface area contributed by atoms with E-state index in [0.717, 1.165) is 17.7 Å². The largest absolute Gasteiger partial charge is 0.511 e. The highest BCUT2D eigenvalue weighted by molar-refractivity contribution is 6.22. The second-order valence-corrected chi connectivity index (χ2v) is 5.67. The summed E-state index contributed by atoms with van der Waals surface area (Å²) in [4.78, 5) is 22.8. The molecule has 1 aromatic carbocycles. The summed E-state index contributed by atoms with van der Waals surface area (Å²) in [5.41, 5.74) is 0.547. The van der Waals surface area contributed by atoms with Gasteiger partial charge in [-0.15, -0.1) is 0 Å². The van der Waals surface area contributed by atoms with Gasteiger partial charge >= 0.3 is 5.97 Å². The quantitative estimate of drug-likeness (QED) is 0.378. The van der Waals surface area contributed by atoms with E-state index in [0.29, 0.717) is 12.5 Å². The number of benzene rings is 1. The fourth-order valence-corrected chi connectivity index (χ4v) is 2.07. The number of carbonyl (C=O) groups excluding carboxylic acids is 2. The topological polar surface area (TPSA) is 72.8 Å². The Morgan fingerprint density at radius 3 is 2.50 bits per heavy atom. The second-order valence-electron chi connectivity index (χ2n) is 5.67. The van der Waals surface area contributed by atoms with Gasteiger partial charge in [0.05, 0.1) is 6.61 Å². The maximum atomic E-state index is 11.5. The molecule has 5 nitrogen and oxygen atoms in total. The van der Waals surface area contributed by atoms with E-state index in [4.69, 9.17) is 4.74 Å². The maximum Gasteiger partial charge on any atom is 0.345 e. The summed E-state index contributed by atoms with van der Waals surface area (Å²) in [7, 11) is 0. The zero-order valence-corrected chi connectivity index (χ0v) is 12.8. The number of rotatable bonds is 6. The Morgan fingerprint density at radius 1 is 1.27 bits per heavy atom. The highest BCUT2D eigenvalue weighted by Gasteiger charge is 2.31. The summed E-state index contributed by atoms with van der Waals surface area (Å²) in [5, 5.41) is 9.94. The molecule has 1 aliphatic heterocycles. The molecule has 0 atom stereocenters. The van der Waals surface area contributed by atoms with Crippen LogP contribution in [0.15, 0.2) is 35.6 Å². The molecule has 22 heavy (non-hydrogen) atoms. The van der Waals surface area contributed by atoms with Gasteiger partial charge in [-0.25, -0.2) is 4.79 Å².